The molecule has 0 bridgehead atoms. The molecule has 1 amide bonds. The number of rotatable bonds is 5. The van der Waals surface area contributed by atoms with Crippen LogP contribution in [-0.4, -0.2) is 40.1 Å². The number of aromatic nitrogens is 4. The molecule has 0 spiro atoms. The smallest absolute Gasteiger partial charge is 0.322 e. The summed E-state index contributed by atoms with van der Waals surface area (Å²) in [6.45, 7) is 0.135. The molecule has 2 aromatic heterocycles. The van der Waals surface area contributed by atoms with Crippen molar-refractivity contribution in [2.75, 3.05) is 14.2 Å². The summed E-state index contributed by atoms with van der Waals surface area (Å²) >= 11 is 0. The van der Waals surface area contributed by atoms with Gasteiger partial charge in [-0.05, 0) is 12.1 Å². The van der Waals surface area contributed by atoms with E-state index < -0.39 is 0 Å². The van der Waals surface area contributed by atoms with Crippen LogP contribution in [0.15, 0.2) is 24.5 Å². The Labute approximate surface area is 115 Å². The molecule has 104 valence electrons. The molecule has 0 aliphatic rings. The van der Waals surface area contributed by atoms with Gasteiger partial charge in [0, 0.05) is 18.0 Å². The van der Waals surface area contributed by atoms with Crippen LogP contribution in [0.5, 0.6) is 12.0 Å². The van der Waals surface area contributed by atoms with Crippen LogP contribution in [0.3, 0.4) is 0 Å². The Balaban J connectivity index is 2.05. The molecule has 1 N–H and O–H groups in total. The van der Waals surface area contributed by atoms with Crippen LogP contribution in [0.1, 0.15) is 16.2 Å². The summed E-state index contributed by atoms with van der Waals surface area (Å²) in [5.41, 5.74) is 0.507. The molecule has 0 aliphatic heterocycles. The summed E-state index contributed by atoms with van der Waals surface area (Å²) in [5.74, 6) is 0.0989. The van der Waals surface area contributed by atoms with Crippen molar-refractivity contribution in [3.05, 3.63) is 35.9 Å². The van der Waals surface area contributed by atoms with Crippen LogP contribution < -0.4 is 14.8 Å². The lowest BCUT2D eigenvalue weighted by Crippen LogP contribution is -2.24. The van der Waals surface area contributed by atoms with Crippen LogP contribution in [0.25, 0.3) is 0 Å². The van der Waals surface area contributed by atoms with Gasteiger partial charge in [-0.1, -0.05) is 0 Å². The van der Waals surface area contributed by atoms with Gasteiger partial charge in [0.25, 0.3) is 5.91 Å². The summed E-state index contributed by atoms with van der Waals surface area (Å²) in [4.78, 5) is 27.6. The second-order valence-electron chi connectivity index (χ2n) is 3.64. The number of ether oxygens (including phenoxy) is 2. The van der Waals surface area contributed by atoms with Crippen LogP contribution >= 0.6 is 0 Å². The number of hydrogen-bond acceptors (Lipinski definition) is 7. The molecule has 0 radical (unpaired) electrons. The second kappa shape index (κ2) is 6.41. The van der Waals surface area contributed by atoms with Gasteiger partial charge in [0.1, 0.15) is 0 Å². The van der Waals surface area contributed by atoms with Crippen LogP contribution in [0.2, 0.25) is 0 Å². The van der Waals surface area contributed by atoms with Gasteiger partial charge in [0.2, 0.25) is 0 Å². The summed E-state index contributed by atoms with van der Waals surface area (Å²) in [7, 11) is 2.88. The van der Waals surface area contributed by atoms with E-state index in [-0.39, 0.29) is 24.5 Å². The average molecular weight is 275 g/mol. The van der Waals surface area contributed by atoms with Crippen molar-refractivity contribution in [3.63, 3.8) is 0 Å². The Morgan fingerprint density at radius 3 is 2.25 bits per heavy atom. The molecule has 2 rings (SSSR count). The first kappa shape index (κ1) is 13.7. The van der Waals surface area contributed by atoms with E-state index in [4.69, 9.17) is 9.47 Å². The highest BCUT2D eigenvalue weighted by atomic mass is 16.5. The minimum absolute atomic E-state index is 0.130. The second-order valence-corrected chi connectivity index (χ2v) is 3.64. The van der Waals surface area contributed by atoms with Crippen molar-refractivity contribution in [2.24, 2.45) is 0 Å². The van der Waals surface area contributed by atoms with E-state index in [9.17, 15) is 4.79 Å². The van der Waals surface area contributed by atoms with Gasteiger partial charge < -0.3 is 14.8 Å². The maximum Gasteiger partial charge on any atom is 0.322 e. The molecule has 8 nitrogen and oxygen atoms in total. The summed E-state index contributed by atoms with van der Waals surface area (Å²) in [5, 5.41) is 2.69. The summed E-state index contributed by atoms with van der Waals surface area (Å²) in [6.07, 6.45) is 3.09. The van der Waals surface area contributed by atoms with Crippen LogP contribution in [-0.2, 0) is 6.54 Å². The van der Waals surface area contributed by atoms with Crippen molar-refractivity contribution >= 4 is 5.91 Å². The Bertz CT molecular complexity index is 569. The third-order valence-electron chi connectivity index (χ3n) is 2.36. The highest BCUT2D eigenvalue weighted by Crippen LogP contribution is 2.08. The lowest BCUT2D eigenvalue weighted by atomic mass is 10.2. The van der Waals surface area contributed by atoms with E-state index in [1.165, 1.54) is 14.2 Å². The van der Waals surface area contributed by atoms with E-state index in [2.05, 4.69) is 25.3 Å². The van der Waals surface area contributed by atoms with E-state index in [1.807, 2.05) is 0 Å². The molecule has 0 aromatic carbocycles. The van der Waals surface area contributed by atoms with Crippen LogP contribution in [0.4, 0.5) is 0 Å². The first-order valence-electron chi connectivity index (χ1n) is 5.74. The van der Waals surface area contributed by atoms with Gasteiger partial charge in [0.05, 0.1) is 20.8 Å². The van der Waals surface area contributed by atoms with Gasteiger partial charge in [-0.25, -0.2) is 0 Å². The highest BCUT2D eigenvalue weighted by molar-refractivity contribution is 5.93. The summed E-state index contributed by atoms with van der Waals surface area (Å²) < 4.78 is 9.85. The fourth-order valence-corrected chi connectivity index (χ4v) is 1.40. The average Bonchev–Trinajstić information content (AvgIpc) is 2.53. The predicted octanol–water partition coefficient (Wildman–Crippen LogP) is 0.214. The number of nitrogens with one attached hydrogen (secondary N) is 1. The molecule has 0 unspecified atom stereocenters. The third-order valence-corrected chi connectivity index (χ3v) is 2.36. The number of pyridine rings is 1. The molecule has 0 fully saturated rings. The maximum atomic E-state index is 11.9. The topological polar surface area (TPSA) is 99.1 Å². The monoisotopic (exact) mass is 275 g/mol. The molecule has 0 aliphatic carbocycles. The summed E-state index contributed by atoms with van der Waals surface area (Å²) in [6, 6.07) is 3.49. The van der Waals surface area contributed by atoms with Crippen molar-refractivity contribution in [1.29, 1.82) is 0 Å². The molecule has 0 saturated heterocycles. The fourth-order valence-electron chi connectivity index (χ4n) is 1.40. The van der Waals surface area contributed by atoms with Crippen molar-refractivity contribution in [2.45, 2.75) is 6.54 Å². The predicted molar refractivity (Wildman–Crippen MR) is 68.3 cm³/mol. The molecular weight excluding hydrogens is 262 g/mol. The van der Waals surface area contributed by atoms with Crippen LogP contribution in [0, 0.1) is 0 Å². The lowest BCUT2D eigenvalue weighted by molar-refractivity contribution is 0.0949. The van der Waals surface area contributed by atoms with E-state index >= 15 is 0 Å². The molecule has 2 aromatic rings. The zero-order chi connectivity index (χ0) is 14.4. The fraction of sp³-hybridized carbons (Fsp3) is 0.250. The van der Waals surface area contributed by atoms with Crippen molar-refractivity contribution in [1.82, 2.24) is 25.3 Å². The maximum absolute atomic E-state index is 11.9. The number of carbonyl (C=O) groups is 1. The Hall–Kier alpha value is -2.77. The number of hydrogen-bond donors (Lipinski definition) is 1. The van der Waals surface area contributed by atoms with Gasteiger partial charge in [-0.3, -0.25) is 9.78 Å². The molecule has 0 atom stereocenters. The largest absolute Gasteiger partial charge is 0.467 e. The minimum atomic E-state index is -0.245. The van der Waals surface area contributed by atoms with Gasteiger partial charge in [-0.2, -0.15) is 9.97 Å². The molecule has 2 heterocycles. The molecule has 0 saturated carbocycles. The van der Waals surface area contributed by atoms with Crippen molar-refractivity contribution < 1.29 is 14.3 Å². The molecule has 20 heavy (non-hydrogen) atoms. The Morgan fingerprint density at radius 1 is 1.10 bits per heavy atom. The molecule has 8 heteroatoms. The van der Waals surface area contributed by atoms with E-state index in [1.54, 1.807) is 24.5 Å². The number of amides is 1. The quantitative estimate of drug-likeness (QED) is 0.832. The Kier molecular flexibility index (Phi) is 4.38. The zero-order valence-electron chi connectivity index (χ0n) is 11.0. The lowest BCUT2D eigenvalue weighted by Gasteiger charge is -2.06. The zero-order valence-corrected chi connectivity index (χ0v) is 11.0. The minimum Gasteiger partial charge on any atom is -0.467 e. The van der Waals surface area contributed by atoms with Gasteiger partial charge in [-0.15, -0.1) is 4.98 Å². The normalized spacial score (nSPS) is 9.90. The van der Waals surface area contributed by atoms with E-state index in [0.717, 1.165) is 0 Å². The van der Waals surface area contributed by atoms with Gasteiger partial charge in [0.15, 0.2) is 5.82 Å². The van der Waals surface area contributed by atoms with E-state index in [0.29, 0.717) is 11.4 Å². The SMILES string of the molecule is COc1nc(CNC(=O)c2ccncc2)nc(OC)n1. The standard InChI is InChI=1S/C12H13N5O3/c1-19-11-15-9(16-12(17-11)20-2)7-14-10(18)8-3-5-13-6-4-8/h3-6H,7H2,1-2H3,(H,14,18). The third kappa shape index (κ3) is 3.37. The first-order valence-corrected chi connectivity index (χ1v) is 5.74. The van der Waals surface area contributed by atoms with Gasteiger partial charge >= 0.3 is 12.0 Å². The number of carbonyl (C=O) groups excluding carboxylic acids is 1. The number of methoxy groups -OCH3 is 2. The van der Waals surface area contributed by atoms with Crippen molar-refractivity contribution in [3.8, 4) is 12.0 Å². The highest BCUT2D eigenvalue weighted by Gasteiger charge is 2.09. The number of nitrogens with zero attached hydrogens (tertiary/aromatic N) is 4. The Morgan fingerprint density at radius 2 is 1.70 bits per heavy atom. The first-order chi connectivity index (χ1) is 9.72. The molecular formula is C12H13N5O3.